The molecule has 2 N–H and O–H groups in total. The van der Waals surface area contributed by atoms with Crippen LogP contribution in [0.2, 0.25) is 15.1 Å². The second-order valence-corrected chi connectivity index (χ2v) is 9.20. The third kappa shape index (κ3) is 5.64. The fourth-order valence-electron chi connectivity index (χ4n) is 3.93. The highest BCUT2D eigenvalue weighted by molar-refractivity contribution is 6.35. The van der Waals surface area contributed by atoms with Gasteiger partial charge in [-0.15, -0.1) is 0 Å². The second kappa shape index (κ2) is 10.8. The van der Waals surface area contributed by atoms with E-state index in [0.29, 0.717) is 57.1 Å². The third-order valence-electron chi connectivity index (χ3n) is 5.58. The molecule has 0 radical (unpaired) electrons. The fourth-order valence-corrected chi connectivity index (χ4v) is 4.55. The predicted octanol–water partition coefficient (Wildman–Crippen LogP) is 6.41. The average molecular weight is 508 g/mol. The zero-order valence-corrected chi connectivity index (χ0v) is 20.5. The van der Waals surface area contributed by atoms with Crippen molar-refractivity contribution in [3.63, 3.8) is 0 Å². The van der Waals surface area contributed by atoms with Gasteiger partial charge in [0, 0.05) is 29.2 Å². The third-order valence-corrected chi connectivity index (χ3v) is 6.37. The Labute approximate surface area is 208 Å². The molecular weight excluding hydrogens is 483 g/mol. The van der Waals surface area contributed by atoms with E-state index in [1.807, 2.05) is 6.92 Å². The molecule has 1 amide bonds. The topological polar surface area (TPSA) is 68.2 Å². The number of carbonyl (C=O) groups is 1. The molecule has 0 saturated heterocycles. The van der Waals surface area contributed by atoms with Crippen LogP contribution in [0, 0.1) is 0 Å². The van der Waals surface area contributed by atoms with Crippen LogP contribution < -0.4 is 15.4 Å². The van der Waals surface area contributed by atoms with Crippen molar-refractivity contribution < 1.29 is 9.53 Å². The Morgan fingerprint density at radius 2 is 1.79 bits per heavy atom. The van der Waals surface area contributed by atoms with Crippen LogP contribution in [0.15, 0.2) is 42.5 Å². The number of hydrogen-bond acceptors (Lipinski definition) is 4. The molecule has 1 fully saturated rings. The maximum absolute atomic E-state index is 13.0. The van der Waals surface area contributed by atoms with Crippen LogP contribution >= 0.6 is 34.8 Å². The number of aromatic nitrogens is 2. The summed E-state index contributed by atoms with van der Waals surface area (Å²) in [4.78, 5) is 13.0. The van der Waals surface area contributed by atoms with Gasteiger partial charge in [-0.2, -0.15) is 9.78 Å². The number of nitrogens with zero attached hydrogens (tertiary/aromatic N) is 2. The molecule has 6 nitrogen and oxygen atoms in total. The lowest BCUT2D eigenvalue weighted by atomic mass is 10.2. The molecule has 1 aromatic heterocycles. The van der Waals surface area contributed by atoms with Gasteiger partial charge in [0.05, 0.1) is 16.3 Å². The Bertz CT molecular complexity index is 1130. The molecule has 0 atom stereocenters. The minimum Gasteiger partial charge on any atom is -0.439 e. The number of nitrogens with one attached hydrogen (secondary N) is 2. The standard InChI is InChI=1S/C24H25Cl3N4O2/c1-2-28-23(32)22-19(14-29-17-5-3-4-6-17)24(33-18-10-7-15(25)8-11-18)31(30-22)21-12-9-16(26)13-20(21)27/h7-13,17,29H,2-6,14H2,1H3,(H,28,32). The van der Waals surface area contributed by atoms with E-state index in [2.05, 4.69) is 15.7 Å². The maximum Gasteiger partial charge on any atom is 0.272 e. The summed E-state index contributed by atoms with van der Waals surface area (Å²) in [6.07, 6.45) is 4.63. The van der Waals surface area contributed by atoms with Gasteiger partial charge in [0.15, 0.2) is 5.69 Å². The molecule has 1 aliphatic rings. The quantitative estimate of drug-likeness (QED) is 0.370. The molecular formula is C24H25Cl3N4O2. The van der Waals surface area contributed by atoms with Crippen LogP contribution in [-0.2, 0) is 6.54 Å². The second-order valence-electron chi connectivity index (χ2n) is 7.92. The molecule has 1 aliphatic carbocycles. The maximum atomic E-state index is 13.0. The SMILES string of the molecule is CCNC(=O)c1nn(-c2ccc(Cl)cc2Cl)c(Oc2ccc(Cl)cc2)c1CNC1CCCC1. The summed E-state index contributed by atoms with van der Waals surface area (Å²) in [7, 11) is 0. The van der Waals surface area contributed by atoms with E-state index in [1.54, 1.807) is 47.1 Å². The lowest BCUT2D eigenvalue weighted by molar-refractivity contribution is 0.0949. The molecule has 174 valence electrons. The molecule has 0 aliphatic heterocycles. The fraction of sp³-hybridized carbons (Fsp3) is 0.333. The van der Waals surface area contributed by atoms with Gasteiger partial charge < -0.3 is 15.4 Å². The lowest BCUT2D eigenvalue weighted by Gasteiger charge is -2.15. The Morgan fingerprint density at radius 3 is 2.45 bits per heavy atom. The van der Waals surface area contributed by atoms with E-state index >= 15 is 0 Å². The Kier molecular flexibility index (Phi) is 7.81. The van der Waals surface area contributed by atoms with E-state index in [-0.39, 0.29) is 11.6 Å². The van der Waals surface area contributed by atoms with Gasteiger partial charge in [-0.1, -0.05) is 47.6 Å². The largest absolute Gasteiger partial charge is 0.439 e. The van der Waals surface area contributed by atoms with Crippen molar-refractivity contribution in [3.05, 3.63) is 68.8 Å². The van der Waals surface area contributed by atoms with E-state index in [0.717, 1.165) is 12.8 Å². The minimum atomic E-state index is -0.273. The molecule has 33 heavy (non-hydrogen) atoms. The van der Waals surface area contributed by atoms with Gasteiger partial charge >= 0.3 is 0 Å². The van der Waals surface area contributed by atoms with Crippen molar-refractivity contribution in [2.45, 2.75) is 45.2 Å². The molecule has 1 heterocycles. The molecule has 1 saturated carbocycles. The summed E-state index contributed by atoms with van der Waals surface area (Å²) in [6.45, 7) is 2.79. The lowest BCUT2D eigenvalue weighted by Crippen LogP contribution is -2.28. The first-order valence-electron chi connectivity index (χ1n) is 11.0. The molecule has 3 aromatic rings. The zero-order valence-electron chi connectivity index (χ0n) is 18.2. The molecule has 0 spiro atoms. The number of hydrogen-bond donors (Lipinski definition) is 2. The van der Waals surface area contributed by atoms with Crippen LogP contribution in [0.4, 0.5) is 0 Å². The number of halogens is 3. The van der Waals surface area contributed by atoms with Crippen LogP contribution in [0.1, 0.15) is 48.7 Å². The van der Waals surface area contributed by atoms with Gasteiger partial charge in [0.2, 0.25) is 5.88 Å². The molecule has 0 unspecified atom stereocenters. The van der Waals surface area contributed by atoms with Crippen LogP contribution in [0.3, 0.4) is 0 Å². The summed E-state index contributed by atoms with van der Waals surface area (Å²) in [6, 6.07) is 12.5. The minimum absolute atomic E-state index is 0.273. The first kappa shape index (κ1) is 23.9. The first-order chi connectivity index (χ1) is 16.0. The number of ether oxygens (including phenoxy) is 1. The van der Waals surface area contributed by atoms with E-state index in [4.69, 9.17) is 39.5 Å². The summed E-state index contributed by atoms with van der Waals surface area (Å²) in [5.41, 5.74) is 1.51. The van der Waals surface area contributed by atoms with Crippen LogP contribution in [-0.4, -0.2) is 28.3 Å². The molecule has 0 bridgehead atoms. The number of carbonyl (C=O) groups excluding carboxylic acids is 1. The van der Waals surface area contributed by atoms with Gasteiger partial charge in [0.25, 0.3) is 5.91 Å². The van der Waals surface area contributed by atoms with E-state index in [9.17, 15) is 4.79 Å². The van der Waals surface area contributed by atoms with Crippen molar-refractivity contribution in [1.82, 2.24) is 20.4 Å². The van der Waals surface area contributed by atoms with Crippen molar-refractivity contribution in [3.8, 4) is 17.3 Å². The Morgan fingerprint density at radius 1 is 1.09 bits per heavy atom. The average Bonchev–Trinajstić information content (AvgIpc) is 3.42. The zero-order chi connectivity index (χ0) is 23.4. The normalized spacial score (nSPS) is 13.9. The predicted molar refractivity (Wildman–Crippen MR) is 132 cm³/mol. The Hall–Kier alpha value is -2.25. The van der Waals surface area contributed by atoms with Gasteiger partial charge in [0.1, 0.15) is 5.75 Å². The first-order valence-corrected chi connectivity index (χ1v) is 12.1. The van der Waals surface area contributed by atoms with Gasteiger partial charge in [-0.25, -0.2) is 0 Å². The van der Waals surface area contributed by atoms with Gasteiger partial charge in [-0.05, 0) is 62.2 Å². The van der Waals surface area contributed by atoms with Crippen molar-refractivity contribution in [2.24, 2.45) is 0 Å². The summed E-state index contributed by atoms with van der Waals surface area (Å²) in [5.74, 6) is 0.703. The summed E-state index contributed by atoms with van der Waals surface area (Å²) < 4.78 is 7.85. The van der Waals surface area contributed by atoms with Crippen molar-refractivity contribution in [2.75, 3.05) is 6.54 Å². The highest BCUT2D eigenvalue weighted by Gasteiger charge is 2.27. The highest BCUT2D eigenvalue weighted by Crippen LogP contribution is 2.35. The number of amides is 1. The molecule has 4 rings (SSSR count). The van der Waals surface area contributed by atoms with E-state index < -0.39 is 0 Å². The highest BCUT2D eigenvalue weighted by atomic mass is 35.5. The van der Waals surface area contributed by atoms with Gasteiger partial charge in [-0.3, -0.25) is 4.79 Å². The number of benzene rings is 2. The Balaban J connectivity index is 1.82. The van der Waals surface area contributed by atoms with Crippen molar-refractivity contribution >= 4 is 40.7 Å². The van der Waals surface area contributed by atoms with Crippen LogP contribution in [0.5, 0.6) is 11.6 Å². The van der Waals surface area contributed by atoms with E-state index in [1.165, 1.54) is 12.8 Å². The molecule has 9 heteroatoms. The summed E-state index contributed by atoms with van der Waals surface area (Å²) in [5, 5.41) is 12.5. The molecule has 2 aromatic carbocycles. The number of rotatable bonds is 8. The van der Waals surface area contributed by atoms with Crippen LogP contribution in [0.25, 0.3) is 5.69 Å². The monoisotopic (exact) mass is 506 g/mol. The summed E-state index contributed by atoms with van der Waals surface area (Å²) >= 11 is 18.7. The van der Waals surface area contributed by atoms with Crippen molar-refractivity contribution in [1.29, 1.82) is 0 Å². The smallest absolute Gasteiger partial charge is 0.272 e.